The molecule has 0 bridgehead atoms. The first-order valence-corrected chi connectivity index (χ1v) is 8.25. The van der Waals surface area contributed by atoms with Gasteiger partial charge in [-0.1, -0.05) is 15.9 Å². The third kappa shape index (κ3) is 2.51. The van der Waals surface area contributed by atoms with Crippen molar-refractivity contribution in [3.8, 4) is 0 Å². The minimum Gasteiger partial charge on any atom is -0.453 e. The third-order valence-electron chi connectivity index (χ3n) is 4.27. The van der Waals surface area contributed by atoms with Crippen LogP contribution in [0.1, 0.15) is 12.2 Å². The first-order chi connectivity index (χ1) is 10.7. The van der Waals surface area contributed by atoms with Gasteiger partial charge in [-0.15, -0.1) is 0 Å². The molecule has 22 heavy (non-hydrogen) atoms. The molecule has 1 N–H and O–H groups in total. The second-order valence-corrected chi connectivity index (χ2v) is 6.67. The minimum atomic E-state index is 0.578. The van der Waals surface area contributed by atoms with E-state index in [1.54, 1.807) is 6.20 Å². The Morgan fingerprint density at radius 1 is 1.41 bits per heavy atom. The third-order valence-corrected chi connectivity index (χ3v) is 4.76. The lowest BCUT2D eigenvalue weighted by molar-refractivity contribution is 0.314. The molecule has 3 heterocycles. The number of nitrogens with one attached hydrogen (secondary N) is 1. The van der Waals surface area contributed by atoms with Crippen molar-refractivity contribution in [1.29, 1.82) is 0 Å². The zero-order chi connectivity index (χ0) is 15.1. The molecule has 5 nitrogen and oxygen atoms in total. The van der Waals surface area contributed by atoms with E-state index in [1.807, 2.05) is 25.2 Å². The van der Waals surface area contributed by atoms with E-state index < -0.39 is 0 Å². The molecule has 114 valence electrons. The SMILES string of the molecule is CNC1CCN(Cc2ncc3oc4ccc(Br)cc4c3n2)C1. The summed E-state index contributed by atoms with van der Waals surface area (Å²) in [5, 5.41) is 4.36. The molecule has 1 unspecified atom stereocenters. The smallest absolute Gasteiger partial charge is 0.172 e. The highest BCUT2D eigenvalue weighted by Crippen LogP contribution is 2.29. The van der Waals surface area contributed by atoms with Gasteiger partial charge in [-0.3, -0.25) is 4.90 Å². The van der Waals surface area contributed by atoms with Crippen molar-refractivity contribution < 1.29 is 4.42 Å². The maximum absolute atomic E-state index is 5.80. The van der Waals surface area contributed by atoms with E-state index in [0.717, 1.165) is 52.0 Å². The standard InChI is InChI=1S/C16H17BrN4O/c1-18-11-4-5-21(8-11)9-15-19-7-14-16(20-15)12-6-10(17)2-3-13(12)22-14/h2-3,6-7,11,18H,4-5,8-9H2,1H3. The fraction of sp³-hybridized carbons (Fsp3) is 0.375. The van der Waals surface area contributed by atoms with E-state index in [-0.39, 0.29) is 0 Å². The molecule has 1 aliphatic heterocycles. The summed E-state index contributed by atoms with van der Waals surface area (Å²) in [4.78, 5) is 11.6. The zero-order valence-corrected chi connectivity index (χ0v) is 13.9. The largest absolute Gasteiger partial charge is 0.453 e. The predicted molar refractivity (Wildman–Crippen MR) is 89.8 cm³/mol. The van der Waals surface area contributed by atoms with Crippen LogP contribution in [0.5, 0.6) is 0 Å². The molecular formula is C16H17BrN4O. The summed E-state index contributed by atoms with van der Waals surface area (Å²) >= 11 is 3.51. The molecule has 0 aliphatic carbocycles. The number of nitrogens with zero attached hydrogens (tertiary/aromatic N) is 3. The maximum Gasteiger partial charge on any atom is 0.172 e. The van der Waals surface area contributed by atoms with Gasteiger partial charge in [0.2, 0.25) is 0 Å². The van der Waals surface area contributed by atoms with Gasteiger partial charge >= 0.3 is 0 Å². The quantitative estimate of drug-likeness (QED) is 0.778. The number of benzene rings is 1. The van der Waals surface area contributed by atoms with Gasteiger partial charge in [0.25, 0.3) is 0 Å². The maximum atomic E-state index is 5.80. The zero-order valence-electron chi connectivity index (χ0n) is 12.3. The summed E-state index contributed by atoms with van der Waals surface area (Å²) < 4.78 is 6.82. The number of halogens is 1. The van der Waals surface area contributed by atoms with Gasteiger partial charge in [0, 0.05) is 29.0 Å². The van der Waals surface area contributed by atoms with E-state index in [1.165, 1.54) is 6.42 Å². The van der Waals surface area contributed by atoms with Crippen molar-refractivity contribution in [2.75, 3.05) is 20.1 Å². The number of likely N-dealkylation sites (tertiary alicyclic amines) is 1. The normalized spacial score (nSPS) is 19.5. The topological polar surface area (TPSA) is 54.2 Å². The summed E-state index contributed by atoms with van der Waals surface area (Å²) in [7, 11) is 2.02. The van der Waals surface area contributed by atoms with Crippen molar-refractivity contribution in [3.63, 3.8) is 0 Å². The average molecular weight is 361 g/mol. The van der Waals surface area contributed by atoms with Crippen molar-refractivity contribution in [2.24, 2.45) is 0 Å². The lowest BCUT2D eigenvalue weighted by Gasteiger charge is -2.14. The number of aromatic nitrogens is 2. The number of hydrogen-bond acceptors (Lipinski definition) is 5. The van der Waals surface area contributed by atoms with Crippen LogP contribution in [-0.2, 0) is 6.54 Å². The Balaban J connectivity index is 1.67. The number of furan rings is 1. The number of rotatable bonds is 3. The Hall–Kier alpha value is -1.50. The molecule has 3 aromatic rings. The molecule has 0 amide bonds. The summed E-state index contributed by atoms with van der Waals surface area (Å²) in [6.07, 6.45) is 2.97. The lowest BCUT2D eigenvalue weighted by Crippen LogP contribution is -2.29. The molecule has 1 saturated heterocycles. The molecular weight excluding hydrogens is 344 g/mol. The number of hydrogen-bond donors (Lipinski definition) is 1. The van der Waals surface area contributed by atoms with Crippen LogP contribution in [0.25, 0.3) is 22.1 Å². The highest BCUT2D eigenvalue weighted by atomic mass is 79.9. The van der Waals surface area contributed by atoms with Crippen LogP contribution >= 0.6 is 15.9 Å². The van der Waals surface area contributed by atoms with E-state index in [2.05, 4.69) is 31.1 Å². The highest BCUT2D eigenvalue weighted by molar-refractivity contribution is 9.10. The van der Waals surface area contributed by atoms with Gasteiger partial charge < -0.3 is 9.73 Å². The molecule has 1 atom stereocenters. The highest BCUT2D eigenvalue weighted by Gasteiger charge is 2.22. The van der Waals surface area contributed by atoms with Crippen molar-refractivity contribution in [2.45, 2.75) is 19.0 Å². The van der Waals surface area contributed by atoms with Crippen LogP contribution in [0.3, 0.4) is 0 Å². The molecule has 4 rings (SSSR count). The van der Waals surface area contributed by atoms with E-state index >= 15 is 0 Å². The Labute approximate surface area is 136 Å². The van der Waals surface area contributed by atoms with Crippen LogP contribution in [0.15, 0.2) is 33.3 Å². The van der Waals surface area contributed by atoms with Crippen LogP contribution in [0.2, 0.25) is 0 Å². The second kappa shape index (κ2) is 5.61. The molecule has 6 heteroatoms. The Kier molecular flexibility index (Phi) is 3.60. The van der Waals surface area contributed by atoms with Crippen LogP contribution in [-0.4, -0.2) is 41.0 Å². The van der Waals surface area contributed by atoms with E-state index in [0.29, 0.717) is 6.04 Å². The number of fused-ring (bicyclic) bond motifs is 3. The lowest BCUT2D eigenvalue weighted by atomic mass is 10.2. The van der Waals surface area contributed by atoms with E-state index in [9.17, 15) is 0 Å². The first-order valence-electron chi connectivity index (χ1n) is 7.46. The van der Waals surface area contributed by atoms with Crippen molar-refractivity contribution in [1.82, 2.24) is 20.2 Å². The number of likely N-dealkylation sites (N-methyl/N-ethyl adjacent to an activating group) is 1. The van der Waals surface area contributed by atoms with Crippen LogP contribution < -0.4 is 5.32 Å². The average Bonchev–Trinajstić information content (AvgIpc) is 3.11. The second-order valence-electron chi connectivity index (χ2n) is 5.75. The van der Waals surface area contributed by atoms with E-state index in [4.69, 9.17) is 9.40 Å². The molecule has 0 saturated carbocycles. The Morgan fingerprint density at radius 2 is 2.32 bits per heavy atom. The Bertz CT molecular complexity index is 831. The van der Waals surface area contributed by atoms with Gasteiger partial charge in [-0.25, -0.2) is 9.97 Å². The Morgan fingerprint density at radius 3 is 3.14 bits per heavy atom. The van der Waals surface area contributed by atoms with Gasteiger partial charge in [0.15, 0.2) is 5.58 Å². The van der Waals surface area contributed by atoms with Crippen molar-refractivity contribution in [3.05, 3.63) is 34.7 Å². The predicted octanol–water partition coefficient (Wildman–Crippen LogP) is 2.93. The van der Waals surface area contributed by atoms with Gasteiger partial charge in [0.1, 0.15) is 16.9 Å². The van der Waals surface area contributed by atoms with Gasteiger partial charge in [-0.05, 0) is 31.7 Å². The van der Waals surface area contributed by atoms with Crippen LogP contribution in [0.4, 0.5) is 0 Å². The molecule has 1 aromatic carbocycles. The van der Waals surface area contributed by atoms with Gasteiger partial charge in [-0.2, -0.15) is 0 Å². The molecule has 0 radical (unpaired) electrons. The summed E-state index contributed by atoms with van der Waals surface area (Å²) in [5.41, 5.74) is 2.48. The first kappa shape index (κ1) is 14.1. The fourth-order valence-corrected chi connectivity index (χ4v) is 3.42. The van der Waals surface area contributed by atoms with Crippen LogP contribution in [0, 0.1) is 0 Å². The minimum absolute atomic E-state index is 0.578. The van der Waals surface area contributed by atoms with Crippen molar-refractivity contribution >= 4 is 38.0 Å². The molecule has 1 aliphatic rings. The monoisotopic (exact) mass is 360 g/mol. The summed E-state index contributed by atoms with van der Waals surface area (Å²) in [6.45, 7) is 2.93. The molecule has 0 spiro atoms. The fourth-order valence-electron chi connectivity index (χ4n) is 3.06. The summed E-state index contributed by atoms with van der Waals surface area (Å²) in [5.74, 6) is 0.854. The summed E-state index contributed by atoms with van der Waals surface area (Å²) in [6, 6.07) is 6.56. The molecule has 2 aromatic heterocycles. The molecule has 1 fully saturated rings. The van der Waals surface area contributed by atoms with Gasteiger partial charge in [0.05, 0.1) is 12.7 Å².